The number of rotatable bonds is 9. The van der Waals surface area contributed by atoms with Gasteiger partial charge in [0.05, 0.1) is 5.60 Å². The van der Waals surface area contributed by atoms with Crippen molar-refractivity contribution < 1.29 is 24.1 Å². The first kappa shape index (κ1) is 28.7. The summed E-state index contributed by atoms with van der Waals surface area (Å²) in [5, 5.41) is 20.0. The van der Waals surface area contributed by atoms with Gasteiger partial charge in [-0.25, -0.2) is 4.79 Å². The highest BCUT2D eigenvalue weighted by atomic mass is 32.2. The molecule has 0 saturated carbocycles. The average Bonchev–Trinajstić information content (AvgIpc) is 3.18. The lowest BCUT2D eigenvalue weighted by Crippen LogP contribution is -2.32. The lowest BCUT2D eigenvalue weighted by molar-refractivity contribution is -0.259. The van der Waals surface area contributed by atoms with E-state index < -0.39 is 12.1 Å². The molecule has 1 N–H and O–H groups in total. The molecule has 2 aromatic carbocycles. The number of benzene rings is 2. The van der Waals surface area contributed by atoms with Crippen LogP contribution in [0, 0.1) is 6.92 Å². The molecule has 0 amide bonds. The first-order chi connectivity index (χ1) is 17.1. The van der Waals surface area contributed by atoms with Crippen molar-refractivity contribution in [3.63, 3.8) is 0 Å². The van der Waals surface area contributed by atoms with Crippen molar-refractivity contribution in [1.82, 2.24) is 15.0 Å². The number of hydrogen-bond donors (Lipinski definition) is 1. The van der Waals surface area contributed by atoms with Gasteiger partial charge in [0.25, 0.3) is 0 Å². The zero-order valence-electron chi connectivity index (χ0n) is 22.9. The molecule has 0 aliphatic rings. The number of thioether (sulfide) groups is 1. The summed E-state index contributed by atoms with van der Waals surface area (Å²) in [5.74, 6) is 0.682. The fourth-order valence-corrected chi connectivity index (χ4v) is 4.28. The summed E-state index contributed by atoms with van der Waals surface area (Å²) in [6, 6.07) is 9.78. The second-order valence-corrected chi connectivity index (χ2v) is 12.1. The van der Waals surface area contributed by atoms with Crippen LogP contribution in [0.25, 0.3) is 16.7 Å². The topological polar surface area (TPSA) is 95.7 Å². The van der Waals surface area contributed by atoms with Crippen molar-refractivity contribution in [2.75, 3.05) is 12.4 Å². The van der Waals surface area contributed by atoms with Crippen LogP contribution in [0.15, 0.2) is 47.4 Å². The summed E-state index contributed by atoms with van der Waals surface area (Å²) in [4.78, 5) is 14.1. The Balaban J connectivity index is 1.93. The monoisotopic (exact) mass is 527 g/mol. The van der Waals surface area contributed by atoms with Crippen LogP contribution in [0.4, 0.5) is 0 Å². The fourth-order valence-electron chi connectivity index (χ4n) is 3.52. The normalized spacial score (nSPS) is 13.0. The maximum Gasteiger partial charge on any atom is 0.333 e. The van der Waals surface area contributed by atoms with E-state index in [-0.39, 0.29) is 11.4 Å². The maximum atomic E-state index is 11.6. The van der Waals surface area contributed by atoms with Gasteiger partial charge in [-0.2, -0.15) is 0 Å². The Kier molecular flexibility index (Phi) is 8.72. The predicted molar refractivity (Wildman–Crippen MR) is 146 cm³/mol. The molecule has 9 heteroatoms. The van der Waals surface area contributed by atoms with Crippen LogP contribution in [0.5, 0.6) is 5.75 Å². The third kappa shape index (κ3) is 7.80. The van der Waals surface area contributed by atoms with Crippen molar-refractivity contribution in [1.29, 1.82) is 0 Å². The van der Waals surface area contributed by atoms with E-state index >= 15 is 0 Å². The number of carbonyl (C=O) groups excluding carboxylic acids is 1. The van der Waals surface area contributed by atoms with Crippen molar-refractivity contribution in [2.45, 2.75) is 77.8 Å². The zero-order chi connectivity index (χ0) is 27.5. The van der Waals surface area contributed by atoms with Gasteiger partial charge in [-0.3, -0.25) is 0 Å². The van der Waals surface area contributed by atoms with Crippen LogP contribution >= 0.6 is 11.8 Å². The minimum atomic E-state index is -1.46. The number of ether oxygens (including phenoxy) is 3. The summed E-state index contributed by atoms with van der Waals surface area (Å²) >= 11 is 1.56. The molecular formula is C28H37N3O5S. The standard InChI is InChI=1S/C28H37N3O5S/c1-17(2)25(32)34-12-13-37-19-10-11-21-22(16-19)30-31(29-21)23-15-18(3)14-20(27(4,5)6)24(23)35-26(33)36-28(7,8)9/h10-11,14-16,26,33H,1,12-13H2,2-9H3. The minimum absolute atomic E-state index is 0.276. The minimum Gasteiger partial charge on any atom is -0.461 e. The highest BCUT2D eigenvalue weighted by Crippen LogP contribution is 2.38. The fraction of sp³-hybridized carbons (Fsp3) is 0.464. The molecule has 0 bridgehead atoms. The van der Waals surface area contributed by atoms with Crippen LogP contribution in [0.2, 0.25) is 0 Å². The molecule has 0 aliphatic carbocycles. The van der Waals surface area contributed by atoms with Gasteiger partial charge in [0.2, 0.25) is 0 Å². The number of aliphatic hydroxyl groups is 1. The van der Waals surface area contributed by atoms with Gasteiger partial charge >= 0.3 is 12.4 Å². The molecule has 3 rings (SSSR count). The van der Waals surface area contributed by atoms with E-state index in [2.05, 4.69) is 32.4 Å². The van der Waals surface area contributed by atoms with Crippen LogP contribution < -0.4 is 4.74 Å². The number of fused-ring (bicyclic) bond motifs is 1. The van der Waals surface area contributed by atoms with Crippen molar-refractivity contribution >= 4 is 28.8 Å². The first-order valence-corrected chi connectivity index (χ1v) is 13.1. The molecule has 8 nitrogen and oxygen atoms in total. The SMILES string of the molecule is C=C(C)C(=O)OCCSc1ccc2nn(-c3cc(C)cc(C(C)(C)C)c3OC(O)OC(C)(C)C)nc2c1. The van der Waals surface area contributed by atoms with Gasteiger partial charge in [0.1, 0.15) is 23.3 Å². The van der Waals surface area contributed by atoms with Crippen LogP contribution in [-0.4, -0.2) is 50.5 Å². The maximum absolute atomic E-state index is 11.6. The van der Waals surface area contributed by atoms with E-state index in [0.29, 0.717) is 40.4 Å². The van der Waals surface area contributed by atoms with E-state index in [1.54, 1.807) is 18.7 Å². The second-order valence-electron chi connectivity index (χ2n) is 11.0. The number of aryl methyl sites for hydroxylation is 1. The highest BCUT2D eigenvalue weighted by molar-refractivity contribution is 7.99. The molecule has 0 fully saturated rings. The summed E-state index contributed by atoms with van der Waals surface area (Å²) < 4.78 is 16.8. The molecular weight excluding hydrogens is 490 g/mol. The Morgan fingerprint density at radius 2 is 1.78 bits per heavy atom. The Bertz CT molecular complexity index is 1290. The number of aromatic nitrogens is 3. The van der Waals surface area contributed by atoms with Crippen molar-refractivity contribution in [3.8, 4) is 11.4 Å². The number of carbonyl (C=O) groups is 1. The van der Waals surface area contributed by atoms with Crippen LogP contribution in [0.3, 0.4) is 0 Å². The van der Waals surface area contributed by atoms with Gasteiger partial charge in [0.15, 0.2) is 5.75 Å². The second kappa shape index (κ2) is 11.2. The Morgan fingerprint density at radius 3 is 2.41 bits per heavy atom. The van der Waals surface area contributed by atoms with Gasteiger partial charge in [-0.15, -0.1) is 26.8 Å². The van der Waals surface area contributed by atoms with Gasteiger partial charge in [0, 0.05) is 21.8 Å². The third-order valence-electron chi connectivity index (χ3n) is 5.20. The van der Waals surface area contributed by atoms with Crippen LogP contribution in [-0.2, 0) is 19.7 Å². The van der Waals surface area contributed by atoms with E-state index in [1.807, 2.05) is 58.0 Å². The molecule has 0 aliphatic heterocycles. The summed E-state index contributed by atoms with van der Waals surface area (Å²) in [7, 11) is 0. The molecule has 3 aromatic rings. The Hall–Kier alpha value is -2.88. The molecule has 0 spiro atoms. The van der Waals surface area contributed by atoms with Gasteiger partial charge in [-0.1, -0.05) is 33.4 Å². The average molecular weight is 528 g/mol. The molecule has 1 atom stereocenters. The van der Waals surface area contributed by atoms with E-state index in [0.717, 1.165) is 16.0 Å². The largest absolute Gasteiger partial charge is 0.461 e. The molecule has 0 radical (unpaired) electrons. The lowest BCUT2D eigenvalue weighted by Gasteiger charge is -2.29. The number of esters is 1. The highest BCUT2D eigenvalue weighted by Gasteiger charge is 2.27. The number of nitrogens with zero attached hydrogens (tertiary/aromatic N) is 3. The molecule has 200 valence electrons. The smallest absolute Gasteiger partial charge is 0.333 e. The lowest BCUT2D eigenvalue weighted by atomic mass is 9.85. The summed E-state index contributed by atoms with van der Waals surface area (Å²) in [6.07, 6.45) is 0. The molecule has 1 unspecified atom stereocenters. The Labute approximate surface area is 223 Å². The van der Waals surface area contributed by atoms with Crippen molar-refractivity contribution in [3.05, 3.63) is 53.6 Å². The van der Waals surface area contributed by atoms with E-state index in [1.165, 1.54) is 4.80 Å². The Morgan fingerprint density at radius 1 is 1.11 bits per heavy atom. The first-order valence-electron chi connectivity index (χ1n) is 12.1. The molecule has 0 saturated heterocycles. The quantitative estimate of drug-likeness (QED) is 0.124. The van der Waals surface area contributed by atoms with Gasteiger partial charge in [-0.05, 0) is 69.9 Å². The molecule has 1 heterocycles. The third-order valence-corrected chi connectivity index (χ3v) is 6.15. The summed E-state index contributed by atoms with van der Waals surface area (Å²) in [5.41, 5.74) is 3.47. The predicted octanol–water partition coefficient (Wildman–Crippen LogP) is 5.71. The summed E-state index contributed by atoms with van der Waals surface area (Å²) in [6.45, 7) is 17.8. The van der Waals surface area contributed by atoms with Crippen LogP contribution in [0.1, 0.15) is 59.6 Å². The van der Waals surface area contributed by atoms with E-state index in [9.17, 15) is 9.90 Å². The van der Waals surface area contributed by atoms with E-state index in [4.69, 9.17) is 19.3 Å². The van der Waals surface area contributed by atoms with Crippen molar-refractivity contribution in [2.24, 2.45) is 0 Å². The molecule has 1 aromatic heterocycles. The zero-order valence-corrected chi connectivity index (χ0v) is 23.7. The number of aliphatic hydroxyl groups excluding tert-OH is 1. The number of hydrogen-bond acceptors (Lipinski definition) is 8. The van der Waals surface area contributed by atoms with Gasteiger partial charge < -0.3 is 19.3 Å². The molecule has 37 heavy (non-hydrogen) atoms.